The molecule has 0 spiro atoms. The number of hydrogen-bond acceptors (Lipinski definition) is 5. The minimum Gasteiger partial charge on any atom is -0.338 e. The summed E-state index contributed by atoms with van der Waals surface area (Å²) in [5, 5.41) is 3.71. The lowest BCUT2D eigenvalue weighted by atomic mass is 10.2. The minimum absolute atomic E-state index is 0.130. The summed E-state index contributed by atoms with van der Waals surface area (Å²) in [4.78, 5) is 15.9. The van der Waals surface area contributed by atoms with Gasteiger partial charge in [0.1, 0.15) is 0 Å². The second kappa shape index (κ2) is 4.28. The van der Waals surface area contributed by atoms with Gasteiger partial charge in [0.2, 0.25) is 11.7 Å². The predicted octanol–water partition coefficient (Wildman–Crippen LogP) is 0.377. The van der Waals surface area contributed by atoms with E-state index in [0.29, 0.717) is 18.0 Å². The number of nitrogens with zero attached hydrogens (tertiary/aromatic N) is 3. The van der Waals surface area contributed by atoms with Crippen LogP contribution in [0.3, 0.4) is 0 Å². The average molecular weight is 220 g/mol. The number of aromatic nitrogens is 3. The van der Waals surface area contributed by atoms with E-state index in [1.165, 1.54) is 0 Å². The van der Waals surface area contributed by atoms with Crippen molar-refractivity contribution in [1.82, 2.24) is 14.7 Å². The molecule has 0 bridgehead atoms. The summed E-state index contributed by atoms with van der Waals surface area (Å²) in [6, 6.07) is 3.44. The third-order valence-electron chi connectivity index (χ3n) is 2.24. The molecule has 0 unspecified atom stereocenters. The molecule has 0 aliphatic rings. The second-order valence-electron chi connectivity index (χ2n) is 3.23. The Morgan fingerprint density at radius 3 is 3.00 bits per heavy atom. The zero-order chi connectivity index (χ0) is 11.5. The van der Waals surface area contributed by atoms with Gasteiger partial charge in [0, 0.05) is 12.7 Å². The molecule has 6 heteroatoms. The van der Waals surface area contributed by atoms with Gasteiger partial charge >= 0.3 is 0 Å². The average Bonchev–Trinajstić information content (AvgIpc) is 2.78. The Labute approximate surface area is 91.7 Å². The molecule has 6 nitrogen and oxygen atoms in total. The van der Waals surface area contributed by atoms with Crippen LogP contribution in [0.15, 0.2) is 27.6 Å². The molecule has 0 saturated heterocycles. The maximum absolute atomic E-state index is 11.9. The first-order valence-electron chi connectivity index (χ1n) is 4.98. The van der Waals surface area contributed by atoms with E-state index in [1.807, 2.05) is 6.92 Å². The SMILES string of the molecule is CCn1cccc(-c2noc(CN)n2)c1=O. The molecule has 16 heavy (non-hydrogen) atoms. The van der Waals surface area contributed by atoms with Crippen LogP contribution in [0.25, 0.3) is 11.4 Å². The molecule has 84 valence electrons. The van der Waals surface area contributed by atoms with E-state index in [0.717, 1.165) is 0 Å². The third kappa shape index (κ3) is 1.74. The van der Waals surface area contributed by atoms with Crippen molar-refractivity contribution in [1.29, 1.82) is 0 Å². The van der Waals surface area contributed by atoms with Gasteiger partial charge in [-0.3, -0.25) is 4.79 Å². The van der Waals surface area contributed by atoms with Crippen molar-refractivity contribution >= 4 is 0 Å². The van der Waals surface area contributed by atoms with Gasteiger partial charge in [0.05, 0.1) is 12.1 Å². The minimum atomic E-state index is -0.130. The van der Waals surface area contributed by atoms with Crippen molar-refractivity contribution in [2.24, 2.45) is 5.73 Å². The third-order valence-corrected chi connectivity index (χ3v) is 2.24. The molecule has 2 heterocycles. The molecule has 2 rings (SSSR count). The lowest BCUT2D eigenvalue weighted by Gasteiger charge is -2.01. The highest BCUT2D eigenvalue weighted by atomic mass is 16.5. The fourth-order valence-electron chi connectivity index (χ4n) is 1.40. The van der Waals surface area contributed by atoms with Gasteiger partial charge < -0.3 is 14.8 Å². The summed E-state index contributed by atoms with van der Waals surface area (Å²) < 4.78 is 6.44. The highest BCUT2D eigenvalue weighted by molar-refractivity contribution is 5.52. The normalized spacial score (nSPS) is 10.6. The Kier molecular flexibility index (Phi) is 2.82. The summed E-state index contributed by atoms with van der Waals surface area (Å²) in [7, 11) is 0. The largest absolute Gasteiger partial charge is 0.338 e. The van der Waals surface area contributed by atoms with Crippen molar-refractivity contribution in [2.45, 2.75) is 20.0 Å². The molecule has 0 aromatic carbocycles. The van der Waals surface area contributed by atoms with Crippen molar-refractivity contribution in [3.05, 3.63) is 34.6 Å². The monoisotopic (exact) mass is 220 g/mol. The van der Waals surface area contributed by atoms with E-state index < -0.39 is 0 Å². The van der Waals surface area contributed by atoms with Crippen LogP contribution >= 0.6 is 0 Å². The Bertz CT molecular complexity index is 544. The number of rotatable bonds is 3. The van der Waals surface area contributed by atoms with Gasteiger partial charge in [-0.05, 0) is 19.1 Å². The molecule has 0 saturated carbocycles. The highest BCUT2D eigenvalue weighted by Crippen LogP contribution is 2.10. The lowest BCUT2D eigenvalue weighted by molar-refractivity contribution is 0.380. The molecule has 0 aliphatic heterocycles. The zero-order valence-corrected chi connectivity index (χ0v) is 8.88. The van der Waals surface area contributed by atoms with Gasteiger partial charge in [-0.25, -0.2) is 0 Å². The Morgan fingerprint density at radius 2 is 2.38 bits per heavy atom. The van der Waals surface area contributed by atoms with E-state index in [9.17, 15) is 4.79 Å². The maximum atomic E-state index is 11.9. The number of nitrogens with two attached hydrogens (primary N) is 1. The molecule has 0 aliphatic carbocycles. The standard InChI is InChI=1S/C10H12N4O2/c1-2-14-5-3-4-7(10(14)15)9-12-8(6-11)16-13-9/h3-5H,2,6,11H2,1H3. The smallest absolute Gasteiger partial charge is 0.261 e. The van der Waals surface area contributed by atoms with Crippen LogP contribution in [0.2, 0.25) is 0 Å². The van der Waals surface area contributed by atoms with Crippen molar-refractivity contribution < 1.29 is 4.52 Å². The first-order chi connectivity index (χ1) is 7.76. The van der Waals surface area contributed by atoms with Gasteiger partial charge in [-0.15, -0.1) is 0 Å². The first-order valence-corrected chi connectivity index (χ1v) is 4.98. The molecule has 2 aromatic heterocycles. The van der Waals surface area contributed by atoms with E-state index >= 15 is 0 Å². The highest BCUT2D eigenvalue weighted by Gasteiger charge is 2.11. The van der Waals surface area contributed by atoms with Crippen molar-refractivity contribution in [2.75, 3.05) is 0 Å². The summed E-state index contributed by atoms with van der Waals surface area (Å²) in [5.74, 6) is 0.606. The van der Waals surface area contributed by atoms with E-state index in [2.05, 4.69) is 10.1 Å². The summed E-state index contributed by atoms with van der Waals surface area (Å²) in [6.07, 6.45) is 1.72. The molecular formula is C10H12N4O2. The quantitative estimate of drug-likeness (QED) is 0.807. The van der Waals surface area contributed by atoms with Crippen LogP contribution in [-0.4, -0.2) is 14.7 Å². The first kappa shape index (κ1) is 10.6. The predicted molar refractivity (Wildman–Crippen MR) is 57.6 cm³/mol. The van der Waals surface area contributed by atoms with Gasteiger partial charge in [-0.1, -0.05) is 5.16 Å². The number of aryl methyl sites for hydroxylation is 1. The molecular weight excluding hydrogens is 208 g/mol. The van der Waals surface area contributed by atoms with Crippen LogP contribution in [0.5, 0.6) is 0 Å². The zero-order valence-electron chi connectivity index (χ0n) is 8.88. The van der Waals surface area contributed by atoms with E-state index in [-0.39, 0.29) is 17.9 Å². The number of hydrogen-bond donors (Lipinski definition) is 1. The Morgan fingerprint density at radius 1 is 1.56 bits per heavy atom. The molecule has 0 amide bonds. The van der Waals surface area contributed by atoms with Gasteiger partial charge in [-0.2, -0.15) is 4.98 Å². The molecule has 2 N–H and O–H groups in total. The van der Waals surface area contributed by atoms with Crippen molar-refractivity contribution in [3.8, 4) is 11.4 Å². The summed E-state index contributed by atoms with van der Waals surface area (Å²) in [5.41, 5.74) is 5.65. The fraction of sp³-hybridized carbons (Fsp3) is 0.300. The van der Waals surface area contributed by atoms with Crippen LogP contribution in [0, 0.1) is 0 Å². The maximum Gasteiger partial charge on any atom is 0.261 e. The molecule has 0 radical (unpaired) electrons. The summed E-state index contributed by atoms with van der Waals surface area (Å²) in [6.45, 7) is 2.67. The van der Waals surface area contributed by atoms with Crippen LogP contribution in [-0.2, 0) is 13.1 Å². The Hall–Kier alpha value is -1.95. The van der Waals surface area contributed by atoms with E-state index in [4.69, 9.17) is 10.3 Å². The van der Waals surface area contributed by atoms with Crippen LogP contribution in [0.4, 0.5) is 0 Å². The van der Waals surface area contributed by atoms with E-state index in [1.54, 1.807) is 22.9 Å². The van der Waals surface area contributed by atoms with Crippen molar-refractivity contribution in [3.63, 3.8) is 0 Å². The number of pyridine rings is 1. The topological polar surface area (TPSA) is 86.9 Å². The lowest BCUT2D eigenvalue weighted by Crippen LogP contribution is -2.20. The van der Waals surface area contributed by atoms with Gasteiger partial charge in [0.15, 0.2) is 0 Å². The Balaban J connectivity index is 2.51. The molecule has 0 atom stereocenters. The van der Waals surface area contributed by atoms with Gasteiger partial charge in [0.25, 0.3) is 5.56 Å². The fourth-order valence-corrected chi connectivity index (χ4v) is 1.40. The molecule has 0 fully saturated rings. The van der Waals surface area contributed by atoms with Crippen LogP contribution < -0.4 is 11.3 Å². The van der Waals surface area contributed by atoms with Crippen LogP contribution in [0.1, 0.15) is 12.8 Å². The summed E-state index contributed by atoms with van der Waals surface area (Å²) >= 11 is 0. The second-order valence-corrected chi connectivity index (χ2v) is 3.23. The molecule has 2 aromatic rings.